The Hall–Kier alpha value is -2.50. The Kier molecular flexibility index (Phi) is 13.2. The molecule has 4 N–H and O–H groups in total. The highest BCUT2D eigenvalue weighted by Gasteiger charge is 2.28. The SMILES string of the molecule is CC.CCC(C)CNC(=O)C1CCCN1.Nc1ccn(C2COC(COC=O)O2)c(=O)n1. The Labute approximate surface area is 189 Å². The molecule has 0 spiro atoms. The molecule has 182 valence electrons. The highest BCUT2D eigenvalue weighted by atomic mass is 16.7. The molecule has 4 atom stereocenters. The molecule has 0 radical (unpaired) electrons. The molecular weight excluding hydrogens is 418 g/mol. The molecule has 3 rings (SSSR count). The molecule has 0 bridgehead atoms. The third-order valence-corrected chi connectivity index (χ3v) is 4.89. The van der Waals surface area contributed by atoms with Crippen LogP contribution in [-0.2, 0) is 23.8 Å². The minimum Gasteiger partial charge on any atom is -0.462 e. The van der Waals surface area contributed by atoms with Gasteiger partial charge in [0.05, 0.1) is 12.6 Å². The third-order valence-electron chi connectivity index (χ3n) is 4.89. The molecule has 1 amide bonds. The highest BCUT2D eigenvalue weighted by Crippen LogP contribution is 2.19. The first-order chi connectivity index (χ1) is 15.4. The number of aromatic nitrogens is 2. The van der Waals surface area contributed by atoms with Crippen LogP contribution in [0.1, 0.15) is 53.2 Å². The smallest absolute Gasteiger partial charge is 0.351 e. The van der Waals surface area contributed by atoms with Crippen LogP contribution < -0.4 is 22.1 Å². The lowest BCUT2D eigenvalue weighted by molar-refractivity contribution is -0.145. The molecule has 2 aliphatic rings. The lowest BCUT2D eigenvalue weighted by Crippen LogP contribution is -2.41. The number of amides is 1. The van der Waals surface area contributed by atoms with Crippen LogP contribution in [0.2, 0.25) is 0 Å². The van der Waals surface area contributed by atoms with Crippen molar-refractivity contribution in [3.8, 4) is 0 Å². The van der Waals surface area contributed by atoms with E-state index >= 15 is 0 Å². The van der Waals surface area contributed by atoms with Gasteiger partial charge in [0.25, 0.3) is 6.47 Å². The van der Waals surface area contributed by atoms with Crippen LogP contribution in [0.5, 0.6) is 0 Å². The number of carbonyl (C=O) groups is 2. The number of anilines is 1. The van der Waals surface area contributed by atoms with Crippen molar-refractivity contribution in [2.24, 2.45) is 5.92 Å². The zero-order valence-corrected chi connectivity index (χ0v) is 19.4. The molecule has 4 unspecified atom stereocenters. The Morgan fingerprint density at radius 1 is 1.50 bits per heavy atom. The summed E-state index contributed by atoms with van der Waals surface area (Å²) in [6, 6.07) is 1.56. The Bertz CT molecular complexity index is 738. The summed E-state index contributed by atoms with van der Waals surface area (Å²) in [6.45, 7) is 10.6. The van der Waals surface area contributed by atoms with Crippen LogP contribution in [0, 0.1) is 5.92 Å². The Morgan fingerprint density at radius 2 is 2.25 bits per heavy atom. The largest absolute Gasteiger partial charge is 0.462 e. The van der Waals surface area contributed by atoms with E-state index in [1.165, 1.54) is 16.8 Å². The van der Waals surface area contributed by atoms with Gasteiger partial charge in [-0.1, -0.05) is 34.1 Å². The van der Waals surface area contributed by atoms with Gasteiger partial charge in [-0.25, -0.2) is 4.79 Å². The van der Waals surface area contributed by atoms with Gasteiger partial charge >= 0.3 is 5.69 Å². The van der Waals surface area contributed by atoms with E-state index in [9.17, 15) is 14.4 Å². The summed E-state index contributed by atoms with van der Waals surface area (Å²) in [5.74, 6) is 0.911. The van der Waals surface area contributed by atoms with Gasteiger partial charge in [-0.05, 0) is 31.4 Å². The van der Waals surface area contributed by atoms with Crippen molar-refractivity contribution >= 4 is 18.2 Å². The second-order valence-electron chi connectivity index (χ2n) is 7.23. The zero-order valence-electron chi connectivity index (χ0n) is 19.4. The molecule has 2 aliphatic heterocycles. The molecule has 0 aliphatic carbocycles. The number of nitrogens with zero attached hydrogens (tertiary/aromatic N) is 2. The van der Waals surface area contributed by atoms with E-state index in [1.807, 2.05) is 13.8 Å². The molecule has 11 heteroatoms. The summed E-state index contributed by atoms with van der Waals surface area (Å²) >= 11 is 0. The van der Waals surface area contributed by atoms with Gasteiger partial charge in [0.2, 0.25) is 5.91 Å². The lowest BCUT2D eigenvalue weighted by atomic mass is 10.1. The molecule has 1 aromatic heterocycles. The fraction of sp³-hybridized carbons (Fsp3) is 0.714. The van der Waals surface area contributed by atoms with Crippen molar-refractivity contribution in [2.45, 2.75) is 65.5 Å². The third kappa shape index (κ3) is 9.33. The van der Waals surface area contributed by atoms with E-state index in [4.69, 9.17) is 15.2 Å². The predicted molar refractivity (Wildman–Crippen MR) is 120 cm³/mol. The maximum absolute atomic E-state index is 11.5. The van der Waals surface area contributed by atoms with Gasteiger partial charge in [-0.15, -0.1) is 0 Å². The van der Waals surface area contributed by atoms with Crippen LogP contribution >= 0.6 is 0 Å². The summed E-state index contributed by atoms with van der Waals surface area (Å²) in [6.07, 6.45) is 3.46. The molecular formula is C21H37N5O6. The van der Waals surface area contributed by atoms with Crippen LogP contribution in [0.4, 0.5) is 5.82 Å². The van der Waals surface area contributed by atoms with E-state index in [1.54, 1.807) is 0 Å². The van der Waals surface area contributed by atoms with Gasteiger partial charge in [0, 0.05) is 12.7 Å². The number of hydrogen-bond acceptors (Lipinski definition) is 9. The molecule has 32 heavy (non-hydrogen) atoms. The Balaban J connectivity index is 0.000000307. The second-order valence-corrected chi connectivity index (χ2v) is 7.23. The Morgan fingerprint density at radius 3 is 2.84 bits per heavy atom. The number of nitrogen functional groups attached to an aromatic ring is 1. The van der Waals surface area contributed by atoms with E-state index in [-0.39, 0.29) is 31.0 Å². The van der Waals surface area contributed by atoms with Crippen molar-refractivity contribution in [1.29, 1.82) is 0 Å². The number of hydrogen-bond donors (Lipinski definition) is 3. The first kappa shape index (κ1) is 27.5. The van der Waals surface area contributed by atoms with Gasteiger partial charge in [0.1, 0.15) is 12.4 Å². The fourth-order valence-corrected chi connectivity index (χ4v) is 2.89. The fourth-order valence-electron chi connectivity index (χ4n) is 2.89. The quantitative estimate of drug-likeness (QED) is 0.484. The van der Waals surface area contributed by atoms with Gasteiger partial charge < -0.3 is 30.6 Å². The van der Waals surface area contributed by atoms with Gasteiger partial charge in [-0.2, -0.15) is 4.98 Å². The molecule has 2 fully saturated rings. The predicted octanol–water partition coefficient (Wildman–Crippen LogP) is 0.797. The lowest BCUT2D eigenvalue weighted by Gasteiger charge is -2.13. The van der Waals surface area contributed by atoms with Gasteiger partial charge in [-0.3, -0.25) is 14.2 Å². The topological polar surface area (TPSA) is 147 Å². The highest BCUT2D eigenvalue weighted by molar-refractivity contribution is 5.81. The van der Waals surface area contributed by atoms with Crippen molar-refractivity contribution in [2.75, 3.05) is 32.0 Å². The average Bonchev–Trinajstić information content (AvgIpc) is 3.50. The molecule has 3 heterocycles. The van der Waals surface area contributed by atoms with Crippen LogP contribution in [0.15, 0.2) is 17.1 Å². The van der Waals surface area contributed by atoms with Crippen molar-refractivity contribution < 1.29 is 23.8 Å². The van der Waals surface area contributed by atoms with E-state index in [2.05, 4.69) is 34.2 Å². The molecule has 0 aromatic carbocycles. The summed E-state index contributed by atoms with van der Waals surface area (Å²) < 4.78 is 16.3. The summed E-state index contributed by atoms with van der Waals surface area (Å²) in [7, 11) is 0. The molecule has 1 aromatic rings. The second kappa shape index (κ2) is 15.3. The van der Waals surface area contributed by atoms with Crippen LogP contribution in [0.25, 0.3) is 0 Å². The molecule has 11 nitrogen and oxygen atoms in total. The first-order valence-electron chi connectivity index (χ1n) is 11.1. The zero-order chi connectivity index (χ0) is 23.9. The van der Waals surface area contributed by atoms with E-state index in [0.717, 1.165) is 32.4 Å². The summed E-state index contributed by atoms with van der Waals surface area (Å²) in [4.78, 5) is 36.5. The molecule has 0 saturated carbocycles. The van der Waals surface area contributed by atoms with Crippen molar-refractivity contribution in [3.05, 3.63) is 22.7 Å². The monoisotopic (exact) mass is 455 g/mol. The van der Waals surface area contributed by atoms with Crippen molar-refractivity contribution in [3.63, 3.8) is 0 Å². The summed E-state index contributed by atoms with van der Waals surface area (Å²) in [5, 5.41) is 6.16. The van der Waals surface area contributed by atoms with Crippen LogP contribution in [-0.4, -0.2) is 60.6 Å². The number of nitrogens with two attached hydrogens (primary N) is 1. The van der Waals surface area contributed by atoms with Crippen LogP contribution in [0.3, 0.4) is 0 Å². The minimum atomic E-state index is -0.672. The minimum absolute atomic E-state index is 0.0167. The maximum atomic E-state index is 11.5. The number of nitrogens with one attached hydrogen (secondary N) is 2. The maximum Gasteiger partial charge on any atom is 0.351 e. The standard InChI is InChI=1S/C10H20N2O.C9H11N3O5.C2H6/c1-3-8(2)7-12-10(13)9-5-4-6-11-9;10-6-1-2-12(9(14)11-6)7-3-16-8(17-7)4-15-5-13;1-2/h8-9,11H,3-7H2,1-2H3,(H,12,13);1-2,5,7-8H,3-4H2,(H2,10,11,14);1-2H3. The first-order valence-corrected chi connectivity index (χ1v) is 11.1. The van der Waals surface area contributed by atoms with E-state index < -0.39 is 18.2 Å². The summed E-state index contributed by atoms with van der Waals surface area (Å²) in [5.41, 5.74) is 4.85. The van der Waals surface area contributed by atoms with Crippen molar-refractivity contribution in [1.82, 2.24) is 20.2 Å². The number of ether oxygens (including phenoxy) is 3. The van der Waals surface area contributed by atoms with Gasteiger partial charge in [0.15, 0.2) is 12.5 Å². The average molecular weight is 456 g/mol. The van der Waals surface area contributed by atoms with E-state index in [0.29, 0.717) is 12.4 Å². The number of rotatable bonds is 8. The normalized spacial score (nSPS) is 22.6. The molecule has 2 saturated heterocycles. The number of carbonyl (C=O) groups excluding carboxylic acids is 2.